The third kappa shape index (κ3) is 2.73. The molecule has 4 rings (SSSR count). The first kappa shape index (κ1) is 16.2. The van der Waals surface area contributed by atoms with Gasteiger partial charge in [-0.05, 0) is 24.8 Å². The van der Waals surface area contributed by atoms with Crippen LogP contribution in [0.3, 0.4) is 0 Å². The van der Waals surface area contributed by atoms with E-state index in [1.165, 1.54) is 6.92 Å². The quantitative estimate of drug-likeness (QED) is 0.913. The highest BCUT2D eigenvalue weighted by molar-refractivity contribution is 5.84. The Balaban J connectivity index is 1.58. The van der Waals surface area contributed by atoms with Gasteiger partial charge in [-0.1, -0.05) is 37.3 Å². The van der Waals surface area contributed by atoms with Crippen molar-refractivity contribution in [2.45, 2.75) is 38.2 Å². The number of carbonyl (C=O) groups is 1. The van der Waals surface area contributed by atoms with Crippen LogP contribution in [0.4, 0.5) is 8.78 Å². The van der Waals surface area contributed by atoms with Crippen molar-refractivity contribution in [2.24, 2.45) is 11.8 Å². The number of aromatic nitrogens is 2. The normalized spacial score (nSPS) is 28.0. The molecule has 2 fully saturated rings. The number of H-pyrrole nitrogens is 1. The highest BCUT2D eigenvalue weighted by Gasteiger charge is 2.70. The van der Waals surface area contributed by atoms with Gasteiger partial charge in [0.15, 0.2) is 0 Å². The number of piperidine rings is 1. The lowest BCUT2D eigenvalue weighted by molar-refractivity contribution is -0.139. The minimum Gasteiger partial charge on any atom is -0.340 e. The molecule has 0 unspecified atom stereocenters. The van der Waals surface area contributed by atoms with Crippen LogP contribution in [-0.2, 0) is 4.79 Å². The summed E-state index contributed by atoms with van der Waals surface area (Å²) in [5.41, 5.74) is 1.89. The zero-order chi connectivity index (χ0) is 17.6. The van der Waals surface area contributed by atoms with E-state index >= 15 is 0 Å². The Morgan fingerprint density at radius 3 is 2.68 bits per heavy atom. The second kappa shape index (κ2) is 5.93. The molecule has 1 saturated heterocycles. The van der Waals surface area contributed by atoms with Crippen LogP contribution in [0.2, 0.25) is 0 Å². The number of nitrogens with one attached hydrogen (secondary N) is 1. The Hall–Kier alpha value is -2.24. The molecule has 25 heavy (non-hydrogen) atoms. The molecule has 0 spiro atoms. The van der Waals surface area contributed by atoms with E-state index in [9.17, 15) is 13.6 Å². The number of halogens is 2. The largest absolute Gasteiger partial charge is 0.340 e. The molecule has 1 aromatic carbocycles. The maximum atomic E-state index is 13.7. The minimum absolute atomic E-state index is 0.248. The average molecular weight is 345 g/mol. The molecule has 132 valence electrons. The van der Waals surface area contributed by atoms with E-state index in [2.05, 4.69) is 9.97 Å². The lowest BCUT2D eigenvalue weighted by atomic mass is 10.0. The summed E-state index contributed by atoms with van der Waals surface area (Å²) in [5.74, 6) is -4.64. The van der Waals surface area contributed by atoms with E-state index in [0.717, 1.165) is 30.5 Å². The Morgan fingerprint density at radius 2 is 2.00 bits per heavy atom. The number of benzene rings is 1. The van der Waals surface area contributed by atoms with Crippen LogP contribution in [0.25, 0.3) is 11.3 Å². The van der Waals surface area contributed by atoms with Gasteiger partial charge in [0.1, 0.15) is 11.7 Å². The van der Waals surface area contributed by atoms with Gasteiger partial charge in [0, 0.05) is 12.5 Å². The number of hydrogen-bond acceptors (Lipinski definition) is 2. The van der Waals surface area contributed by atoms with Crippen LogP contribution in [0.1, 0.15) is 38.1 Å². The van der Waals surface area contributed by atoms with Crippen molar-refractivity contribution < 1.29 is 13.6 Å². The van der Waals surface area contributed by atoms with Crippen LogP contribution in [0.5, 0.6) is 0 Å². The molecule has 0 bridgehead atoms. The number of amides is 1. The average Bonchev–Trinajstić information content (AvgIpc) is 2.99. The maximum Gasteiger partial charge on any atom is 0.263 e. The van der Waals surface area contributed by atoms with Crippen molar-refractivity contribution in [3.05, 3.63) is 42.4 Å². The molecule has 1 saturated carbocycles. The topological polar surface area (TPSA) is 49.0 Å². The Labute approximate surface area is 145 Å². The second-order valence-electron chi connectivity index (χ2n) is 7.03. The van der Waals surface area contributed by atoms with Gasteiger partial charge in [-0.15, -0.1) is 0 Å². The molecule has 2 heterocycles. The zero-order valence-electron chi connectivity index (χ0n) is 14.1. The summed E-state index contributed by atoms with van der Waals surface area (Å²) in [4.78, 5) is 22.0. The van der Waals surface area contributed by atoms with Crippen LogP contribution in [-0.4, -0.2) is 33.2 Å². The highest BCUT2D eigenvalue weighted by Crippen LogP contribution is 2.56. The first-order chi connectivity index (χ1) is 12.0. The summed E-state index contributed by atoms with van der Waals surface area (Å²) in [6, 6.07) is 9.55. The number of alkyl halides is 2. The predicted octanol–water partition coefficient (Wildman–Crippen LogP) is 4.03. The fraction of sp³-hybridized carbons (Fsp3) is 0.474. The van der Waals surface area contributed by atoms with Crippen molar-refractivity contribution in [3.63, 3.8) is 0 Å². The molecule has 2 aromatic rings. The first-order valence-corrected chi connectivity index (χ1v) is 8.78. The predicted molar refractivity (Wildman–Crippen MR) is 89.9 cm³/mol. The van der Waals surface area contributed by atoms with Crippen LogP contribution >= 0.6 is 0 Å². The van der Waals surface area contributed by atoms with Gasteiger partial charge in [-0.25, -0.2) is 13.8 Å². The van der Waals surface area contributed by atoms with E-state index in [-0.39, 0.29) is 6.04 Å². The summed E-state index contributed by atoms with van der Waals surface area (Å²) in [6.45, 7) is 1.96. The second-order valence-corrected chi connectivity index (χ2v) is 7.03. The summed E-state index contributed by atoms with van der Waals surface area (Å²) >= 11 is 0. The molecule has 1 aliphatic heterocycles. The van der Waals surface area contributed by atoms with Crippen molar-refractivity contribution in [1.29, 1.82) is 0 Å². The van der Waals surface area contributed by atoms with E-state index in [1.54, 1.807) is 11.1 Å². The van der Waals surface area contributed by atoms with E-state index in [4.69, 9.17) is 0 Å². The summed E-state index contributed by atoms with van der Waals surface area (Å²) in [7, 11) is 0. The maximum absolute atomic E-state index is 13.7. The van der Waals surface area contributed by atoms with E-state index in [1.807, 2.05) is 30.3 Å². The van der Waals surface area contributed by atoms with Crippen molar-refractivity contribution in [1.82, 2.24) is 14.9 Å². The Kier molecular flexibility index (Phi) is 3.85. The monoisotopic (exact) mass is 345 g/mol. The molecule has 6 heteroatoms. The number of carbonyl (C=O) groups excluding carboxylic acids is 1. The molecule has 1 aromatic heterocycles. The van der Waals surface area contributed by atoms with E-state index in [0.29, 0.717) is 12.4 Å². The Bertz CT molecular complexity index is 774. The number of rotatable bonds is 3. The molecule has 2 aliphatic rings. The molecular weight excluding hydrogens is 324 g/mol. The van der Waals surface area contributed by atoms with Crippen molar-refractivity contribution in [3.8, 4) is 11.3 Å². The minimum atomic E-state index is -2.86. The third-order valence-electron chi connectivity index (χ3n) is 5.46. The molecule has 1 amide bonds. The van der Waals surface area contributed by atoms with Crippen LogP contribution in [0, 0.1) is 11.8 Å². The van der Waals surface area contributed by atoms with E-state index < -0.39 is 23.7 Å². The first-order valence-electron chi connectivity index (χ1n) is 8.78. The zero-order valence-corrected chi connectivity index (χ0v) is 14.1. The summed E-state index contributed by atoms with van der Waals surface area (Å²) in [6.07, 6.45) is 4.31. The lowest BCUT2D eigenvalue weighted by Crippen LogP contribution is -2.40. The van der Waals surface area contributed by atoms with Gasteiger partial charge in [-0.3, -0.25) is 4.79 Å². The Morgan fingerprint density at radius 1 is 1.28 bits per heavy atom. The fourth-order valence-electron chi connectivity index (χ4n) is 3.79. The summed E-state index contributed by atoms with van der Waals surface area (Å²) in [5, 5.41) is 0. The van der Waals surface area contributed by atoms with Crippen LogP contribution < -0.4 is 0 Å². The SMILES string of the molecule is C[C@@H]1[C@H](C(=O)N2CCCC[C@@H]2c2ncc(-c3ccccc3)[nH]2)C1(F)F. The van der Waals surface area contributed by atoms with Gasteiger partial charge in [0.25, 0.3) is 5.92 Å². The number of likely N-dealkylation sites (tertiary alicyclic amines) is 1. The van der Waals surface area contributed by atoms with Gasteiger partial charge in [0.2, 0.25) is 5.91 Å². The number of nitrogens with zero attached hydrogens (tertiary/aromatic N) is 2. The van der Waals surface area contributed by atoms with Crippen LogP contribution in [0.15, 0.2) is 36.5 Å². The van der Waals surface area contributed by atoms with Crippen molar-refractivity contribution >= 4 is 5.91 Å². The smallest absolute Gasteiger partial charge is 0.263 e. The van der Waals surface area contributed by atoms with Gasteiger partial charge < -0.3 is 9.88 Å². The van der Waals surface area contributed by atoms with Gasteiger partial charge in [-0.2, -0.15) is 0 Å². The van der Waals surface area contributed by atoms with Gasteiger partial charge in [0.05, 0.1) is 17.9 Å². The lowest BCUT2D eigenvalue weighted by Gasteiger charge is -2.34. The number of hydrogen-bond donors (Lipinski definition) is 1. The molecule has 3 atom stereocenters. The molecule has 4 nitrogen and oxygen atoms in total. The molecule has 1 N–H and O–H groups in total. The van der Waals surface area contributed by atoms with Gasteiger partial charge >= 0.3 is 0 Å². The highest BCUT2D eigenvalue weighted by atomic mass is 19.3. The number of imidazole rings is 1. The standard InChI is InChI=1S/C19H21F2N3O/c1-12-16(19(12,20)21)18(25)24-10-6-5-9-15(24)17-22-11-14(23-17)13-7-3-2-4-8-13/h2-4,7-8,11-12,15-16H,5-6,9-10H2,1H3,(H,22,23)/t12-,15-,16-/m1/s1. The third-order valence-corrected chi connectivity index (χ3v) is 5.46. The fourth-order valence-corrected chi connectivity index (χ4v) is 3.79. The molecular formula is C19H21F2N3O. The van der Waals surface area contributed by atoms with Crippen molar-refractivity contribution in [2.75, 3.05) is 6.54 Å². The number of aromatic amines is 1. The molecule has 1 aliphatic carbocycles. The summed E-state index contributed by atoms with van der Waals surface area (Å²) < 4.78 is 27.4. The molecule has 0 radical (unpaired) electrons.